The number of likely N-dealkylation sites (N-methyl/N-ethyl adjacent to an activating group) is 2. The Morgan fingerprint density at radius 2 is 2.35 bits per heavy atom. The molecule has 1 fully saturated rings. The number of hydrogen-bond acceptors (Lipinski definition) is 3. The van der Waals surface area contributed by atoms with Crippen LogP contribution >= 0.6 is 0 Å². The highest BCUT2D eigenvalue weighted by Gasteiger charge is 2.27. The van der Waals surface area contributed by atoms with Gasteiger partial charge < -0.3 is 19.9 Å². The molecule has 1 aromatic rings. The second-order valence-electron chi connectivity index (χ2n) is 5.11. The molecule has 20 heavy (non-hydrogen) atoms. The molecular formula is C15H23N3O2. The second-order valence-corrected chi connectivity index (χ2v) is 5.11. The van der Waals surface area contributed by atoms with E-state index in [-0.39, 0.29) is 6.03 Å². The van der Waals surface area contributed by atoms with E-state index in [2.05, 4.69) is 17.1 Å². The highest BCUT2D eigenvalue weighted by Crippen LogP contribution is 2.19. The molecule has 0 unspecified atom stereocenters. The Hall–Kier alpha value is -1.75. The van der Waals surface area contributed by atoms with Gasteiger partial charge in [-0.15, -0.1) is 0 Å². The number of methoxy groups -OCH3 is 1. The van der Waals surface area contributed by atoms with Crippen LogP contribution < -0.4 is 10.1 Å². The Labute approximate surface area is 120 Å². The number of carbonyl (C=O) groups excluding carboxylic acids is 1. The van der Waals surface area contributed by atoms with E-state index >= 15 is 0 Å². The van der Waals surface area contributed by atoms with Crippen LogP contribution in [0, 0.1) is 0 Å². The van der Waals surface area contributed by atoms with Gasteiger partial charge >= 0.3 is 6.03 Å². The van der Waals surface area contributed by atoms with Crippen LogP contribution in [0.25, 0.3) is 0 Å². The van der Waals surface area contributed by atoms with Crippen molar-refractivity contribution in [1.82, 2.24) is 9.80 Å². The van der Waals surface area contributed by atoms with Crippen molar-refractivity contribution in [3.05, 3.63) is 24.3 Å². The molecule has 1 aliphatic rings. The number of hydrogen-bond donors (Lipinski definition) is 1. The zero-order valence-corrected chi connectivity index (χ0v) is 12.4. The van der Waals surface area contributed by atoms with Gasteiger partial charge in [0.2, 0.25) is 0 Å². The van der Waals surface area contributed by atoms with Crippen LogP contribution in [-0.4, -0.2) is 55.7 Å². The number of amides is 2. The molecule has 5 nitrogen and oxygen atoms in total. The van der Waals surface area contributed by atoms with Crippen molar-refractivity contribution < 1.29 is 9.53 Å². The van der Waals surface area contributed by atoms with E-state index in [0.717, 1.165) is 37.5 Å². The SMILES string of the molecule is CCN1CC[C@H](N(C)C(=O)Nc2cccc(OC)c2)C1. The summed E-state index contributed by atoms with van der Waals surface area (Å²) in [6.45, 7) is 5.22. The molecule has 1 aromatic carbocycles. The summed E-state index contributed by atoms with van der Waals surface area (Å²) < 4.78 is 5.15. The largest absolute Gasteiger partial charge is 0.497 e. The lowest BCUT2D eigenvalue weighted by Crippen LogP contribution is -2.41. The maximum Gasteiger partial charge on any atom is 0.321 e. The molecule has 0 saturated carbocycles. The first-order chi connectivity index (χ1) is 9.63. The van der Waals surface area contributed by atoms with Crippen LogP contribution in [0.2, 0.25) is 0 Å². The Morgan fingerprint density at radius 3 is 3.00 bits per heavy atom. The van der Waals surface area contributed by atoms with Crippen LogP contribution in [0.1, 0.15) is 13.3 Å². The minimum atomic E-state index is -0.0683. The number of urea groups is 1. The molecule has 0 aromatic heterocycles. The van der Waals surface area contributed by atoms with E-state index in [1.165, 1.54) is 0 Å². The summed E-state index contributed by atoms with van der Waals surface area (Å²) in [6.07, 6.45) is 1.04. The van der Waals surface area contributed by atoms with Crippen LogP contribution in [0.15, 0.2) is 24.3 Å². The number of carbonyl (C=O) groups is 1. The Bertz CT molecular complexity index is 464. The summed E-state index contributed by atoms with van der Waals surface area (Å²) in [7, 11) is 3.48. The summed E-state index contributed by atoms with van der Waals surface area (Å²) in [5.41, 5.74) is 0.756. The number of likely N-dealkylation sites (tertiary alicyclic amines) is 1. The van der Waals surface area contributed by atoms with Gasteiger partial charge in [-0.25, -0.2) is 4.79 Å². The molecule has 110 valence electrons. The van der Waals surface area contributed by atoms with Crippen LogP contribution in [-0.2, 0) is 0 Å². The number of nitrogens with zero attached hydrogens (tertiary/aromatic N) is 2. The van der Waals surface area contributed by atoms with Gasteiger partial charge in [-0.2, -0.15) is 0 Å². The summed E-state index contributed by atoms with van der Waals surface area (Å²) in [6, 6.07) is 7.62. The van der Waals surface area contributed by atoms with E-state index < -0.39 is 0 Å². The molecule has 5 heteroatoms. The molecule has 1 aliphatic heterocycles. The third kappa shape index (κ3) is 3.42. The number of ether oxygens (including phenoxy) is 1. The Balaban J connectivity index is 1.94. The fourth-order valence-electron chi connectivity index (χ4n) is 2.49. The van der Waals surface area contributed by atoms with Crippen LogP contribution in [0.5, 0.6) is 5.75 Å². The number of anilines is 1. The first-order valence-electron chi connectivity index (χ1n) is 7.04. The topological polar surface area (TPSA) is 44.8 Å². The van der Waals surface area contributed by atoms with Crippen molar-refractivity contribution in [2.75, 3.05) is 39.1 Å². The quantitative estimate of drug-likeness (QED) is 0.918. The molecule has 1 N–H and O–H groups in total. The fraction of sp³-hybridized carbons (Fsp3) is 0.533. The molecule has 0 aliphatic carbocycles. The van der Waals surface area contributed by atoms with Gasteiger partial charge in [-0.1, -0.05) is 13.0 Å². The molecule has 0 bridgehead atoms. The maximum absolute atomic E-state index is 12.2. The average molecular weight is 277 g/mol. The number of benzene rings is 1. The maximum atomic E-state index is 12.2. The minimum Gasteiger partial charge on any atom is -0.497 e. The molecule has 1 heterocycles. The monoisotopic (exact) mass is 277 g/mol. The summed E-state index contributed by atoms with van der Waals surface area (Å²) in [5.74, 6) is 0.739. The van der Waals surface area contributed by atoms with Crippen LogP contribution in [0.4, 0.5) is 10.5 Å². The van der Waals surface area contributed by atoms with Gasteiger partial charge in [-0.05, 0) is 25.1 Å². The lowest BCUT2D eigenvalue weighted by atomic mass is 10.2. The third-order valence-corrected chi connectivity index (χ3v) is 3.88. The van der Waals surface area contributed by atoms with Crippen molar-refractivity contribution >= 4 is 11.7 Å². The molecule has 1 saturated heterocycles. The zero-order chi connectivity index (χ0) is 14.5. The van der Waals surface area contributed by atoms with Crippen molar-refractivity contribution in [3.63, 3.8) is 0 Å². The summed E-state index contributed by atoms with van der Waals surface area (Å²) in [5, 5.41) is 2.91. The Morgan fingerprint density at radius 1 is 1.55 bits per heavy atom. The van der Waals surface area contributed by atoms with Gasteiger partial charge in [0, 0.05) is 37.9 Å². The fourth-order valence-corrected chi connectivity index (χ4v) is 2.49. The number of rotatable bonds is 4. The molecule has 1 atom stereocenters. The standard InChI is InChI=1S/C15H23N3O2/c1-4-18-9-8-13(11-18)17(2)15(19)16-12-6-5-7-14(10-12)20-3/h5-7,10,13H,4,8-9,11H2,1-3H3,(H,16,19)/t13-/m0/s1. The lowest BCUT2D eigenvalue weighted by molar-refractivity contribution is 0.203. The predicted octanol–water partition coefficient (Wildman–Crippen LogP) is 2.25. The zero-order valence-electron chi connectivity index (χ0n) is 12.4. The summed E-state index contributed by atoms with van der Waals surface area (Å²) in [4.78, 5) is 16.4. The normalized spacial score (nSPS) is 18.9. The van der Waals surface area contributed by atoms with E-state index in [1.807, 2.05) is 31.3 Å². The second kappa shape index (κ2) is 6.61. The highest BCUT2D eigenvalue weighted by atomic mass is 16.5. The van der Waals surface area contributed by atoms with E-state index in [9.17, 15) is 4.79 Å². The van der Waals surface area contributed by atoms with E-state index in [0.29, 0.717) is 6.04 Å². The van der Waals surface area contributed by atoms with E-state index in [1.54, 1.807) is 12.0 Å². The molecule has 2 amide bonds. The molecule has 0 radical (unpaired) electrons. The third-order valence-electron chi connectivity index (χ3n) is 3.88. The molecule has 0 spiro atoms. The van der Waals surface area contributed by atoms with Gasteiger partial charge in [0.1, 0.15) is 5.75 Å². The van der Waals surface area contributed by atoms with Gasteiger partial charge in [-0.3, -0.25) is 0 Å². The highest BCUT2D eigenvalue weighted by molar-refractivity contribution is 5.89. The smallest absolute Gasteiger partial charge is 0.321 e. The first kappa shape index (κ1) is 14.7. The number of nitrogens with one attached hydrogen (secondary N) is 1. The van der Waals surface area contributed by atoms with Crippen molar-refractivity contribution in [1.29, 1.82) is 0 Å². The first-order valence-corrected chi connectivity index (χ1v) is 7.04. The molecular weight excluding hydrogens is 254 g/mol. The average Bonchev–Trinajstić information content (AvgIpc) is 2.95. The lowest BCUT2D eigenvalue weighted by Gasteiger charge is -2.25. The predicted molar refractivity (Wildman–Crippen MR) is 80.3 cm³/mol. The van der Waals surface area contributed by atoms with E-state index in [4.69, 9.17) is 4.74 Å². The van der Waals surface area contributed by atoms with Crippen molar-refractivity contribution in [2.24, 2.45) is 0 Å². The van der Waals surface area contributed by atoms with Gasteiger partial charge in [0.25, 0.3) is 0 Å². The van der Waals surface area contributed by atoms with Crippen molar-refractivity contribution in [3.8, 4) is 5.75 Å². The summed E-state index contributed by atoms with van der Waals surface area (Å²) >= 11 is 0. The van der Waals surface area contributed by atoms with Gasteiger partial charge in [0.05, 0.1) is 7.11 Å². The van der Waals surface area contributed by atoms with Crippen LogP contribution in [0.3, 0.4) is 0 Å². The molecule has 2 rings (SSSR count). The van der Waals surface area contributed by atoms with Crippen molar-refractivity contribution in [2.45, 2.75) is 19.4 Å². The minimum absolute atomic E-state index is 0.0683. The Kier molecular flexibility index (Phi) is 4.84. The van der Waals surface area contributed by atoms with Gasteiger partial charge in [0.15, 0.2) is 0 Å².